The normalized spacial score (nSPS) is 16.5. The van der Waals surface area contributed by atoms with Crippen LogP contribution in [0.4, 0.5) is 0 Å². The summed E-state index contributed by atoms with van der Waals surface area (Å²) in [7, 11) is 0. The van der Waals surface area contributed by atoms with E-state index in [4.69, 9.17) is 17.3 Å². The van der Waals surface area contributed by atoms with Gasteiger partial charge in [-0.3, -0.25) is 4.57 Å². The van der Waals surface area contributed by atoms with Crippen molar-refractivity contribution in [3.63, 3.8) is 0 Å². The SMILES string of the molecule is [2H]c1c([2H])c([2H])c(-n2c(-c3ccccc3-c3c4ccccc4c(-c4c([2H])c([2H])c5c(c4[2H])C(C)(C)c4c([2H])c([2H])c([2H])c([2H])c4-5)c4ccccc34)nc3ccccc32)c([2H])c1[2H]. The maximum absolute atomic E-state index is 9.93. The number of hydrogen-bond donors (Lipinski definition) is 0. The van der Waals surface area contributed by atoms with Crippen molar-refractivity contribution >= 4 is 32.6 Å². The summed E-state index contributed by atoms with van der Waals surface area (Å²) < 4.78 is 109. The van der Waals surface area contributed by atoms with Crippen molar-refractivity contribution in [2.45, 2.75) is 19.3 Å². The van der Waals surface area contributed by atoms with Crippen molar-refractivity contribution in [3.05, 3.63) is 181 Å². The van der Waals surface area contributed by atoms with Gasteiger partial charge in [0.1, 0.15) is 5.82 Å². The largest absolute Gasteiger partial charge is 0.292 e. The Morgan fingerprint density at radius 3 is 1.84 bits per heavy atom. The monoisotopic (exact) mass is 650 g/mol. The van der Waals surface area contributed by atoms with Crippen LogP contribution in [0, 0.1) is 0 Å². The standard InChI is InChI=1S/C48H34N2/c1-48(2)41-25-13-12-18-33(41)34-29-28-31(30-42(34)48)45-35-19-6-8-21-37(35)46(38-22-9-7-20-36(38)45)39-23-10-11-24-40(39)47-49-43-26-14-15-27-44(43)50(47)32-16-4-3-5-17-32/h3-30H,1-2H3/i3D,4D,5D,12D,13D,16D,17D,18D,25D,28D,29D,30D. The summed E-state index contributed by atoms with van der Waals surface area (Å²) in [5.74, 6) is 0.355. The Morgan fingerprint density at radius 1 is 0.520 bits per heavy atom. The summed E-state index contributed by atoms with van der Waals surface area (Å²) in [5.41, 5.74) is 3.86. The molecule has 10 rings (SSSR count). The van der Waals surface area contributed by atoms with Crippen LogP contribution in [0.25, 0.3) is 83.0 Å². The van der Waals surface area contributed by atoms with Gasteiger partial charge < -0.3 is 0 Å². The van der Waals surface area contributed by atoms with Crippen molar-refractivity contribution in [2.75, 3.05) is 0 Å². The molecule has 0 fully saturated rings. The van der Waals surface area contributed by atoms with Gasteiger partial charge in [0.2, 0.25) is 0 Å². The van der Waals surface area contributed by atoms with Gasteiger partial charge in [0.25, 0.3) is 0 Å². The number of fused-ring (bicyclic) bond motifs is 6. The van der Waals surface area contributed by atoms with E-state index in [1.165, 1.54) is 0 Å². The molecule has 2 nitrogen and oxygen atoms in total. The van der Waals surface area contributed by atoms with Crippen LogP contribution in [0.15, 0.2) is 170 Å². The van der Waals surface area contributed by atoms with E-state index in [2.05, 4.69) is 0 Å². The van der Waals surface area contributed by atoms with E-state index in [-0.39, 0.29) is 64.7 Å². The number of benzene rings is 8. The minimum atomic E-state index is -1.10. The average molecular weight is 651 g/mol. The molecule has 8 aromatic carbocycles. The Morgan fingerprint density at radius 2 is 1.10 bits per heavy atom. The van der Waals surface area contributed by atoms with Gasteiger partial charge in [0.15, 0.2) is 0 Å². The van der Waals surface area contributed by atoms with E-state index >= 15 is 0 Å². The fourth-order valence-electron chi connectivity index (χ4n) is 7.65. The first kappa shape index (κ1) is 19.1. The Hall–Kier alpha value is -6.25. The first-order valence-corrected chi connectivity index (χ1v) is 16.4. The van der Waals surface area contributed by atoms with E-state index in [1.807, 2.05) is 91.0 Å². The minimum Gasteiger partial charge on any atom is -0.292 e. The quantitative estimate of drug-likeness (QED) is 0.173. The van der Waals surface area contributed by atoms with Crippen LogP contribution in [-0.4, -0.2) is 9.55 Å². The highest BCUT2D eigenvalue weighted by Gasteiger charge is 2.35. The summed E-state index contributed by atoms with van der Waals surface area (Å²) >= 11 is 0. The predicted molar refractivity (Wildman–Crippen MR) is 210 cm³/mol. The molecular weight excluding hydrogens is 605 g/mol. The number of nitrogens with zero attached hydrogens (tertiary/aromatic N) is 2. The van der Waals surface area contributed by atoms with Gasteiger partial charge in [-0.15, -0.1) is 0 Å². The van der Waals surface area contributed by atoms with Crippen LogP contribution in [-0.2, 0) is 5.41 Å². The van der Waals surface area contributed by atoms with Gasteiger partial charge in [0.05, 0.1) is 27.5 Å². The Kier molecular flexibility index (Phi) is 4.15. The molecule has 2 heteroatoms. The average Bonchev–Trinajstić information content (AvgIpc) is 3.77. The number of imidazole rings is 1. The molecule has 1 aliphatic carbocycles. The molecule has 0 spiro atoms. The fraction of sp³-hybridized carbons (Fsp3) is 0.0625. The van der Waals surface area contributed by atoms with Gasteiger partial charge in [-0.05, 0) is 96.3 Å². The van der Waals surface area contributed by atoms with E-state index in [1.54, 1.807) is 24.5 Å². The van der Waals surface area contributed by atoms with Crippen molar-refractivity contribution < 1.29 is 16.4 Å². The molecule has 1 aromatic heterocycles. The summed E-state index contributed by atoms with van der Waals surface area (Å²) in [6, 6.07) is 26.1. The molecule has 0 aliphatic heterocycles. The van der Waals surface area contributed by atoms with Crippen LogP contribution >= 0.6 is 0 Å². The van der Waals surface area contributed by atoms with E-state index in [9.17, 15) is 4.11 Å². The first-order chi connectivity index (χ1) is 29.6. The minimum absolute atomic E-state index is 0.0325. The van der Waals surface area contributed by atoms with E-state index in [0.29, 0.717) is 49.9 Å². The molecule has 0 N–H and O–H groups in total. The maximum atomic E-state index is 9.93. The van der Waals surface area contributed by atoms with Gasteiger partial charge in [0, 0.05) is 16.7 Å². The lowest BCUT2D eigenvalue weighted by atomic mass is 9.80. The van der Waals surface area contributed by atoms with Crippen molar-refractivity contribution in [2.24, 2.45) is 0 Å². The lowest BCUT2D eigenvalue weighted by Gasteiger charge is -2.23. The van der Waals surface area contributed by atoms with Gasteiger partial charge >= 0.3 is 0 Å². The number of aromatic nitrogens is 2. The third-order valence-corrected chi connectivity index (χ3v) is 9.89. The molecule has 50 heavy (non-hydrogen) atoms. The fourth-order valence-corrected chi connectivity index (χ4v) is 7.65. The van der Waals surface area contributed by atoms with Crippen molar-refractivity contribution in [1.29, 1.82) is 0 Å². The number of rotatable bonds is 4. The molecule has 0 radical (unpaired) electrons. The molecule has 1 aliphatic rings. The van der Waals surface area contributed by atoms with Crippen LogP contribution in [0.5, 0.6) is 0 Å². The van der Waals surface area contributed by atoms with E-state index < -0.39 is 35.6 Å². The van der Waals surface area contributed by atoms with Crippen molar-refractivity contribution in [1.82, 2.24) is 9.55 Å². The van der Waals surface area contributed by atoms with Gasteiger partial charge in [-0.25, -0.2) is 4.98 Å². The van der Waals surface area contributed by atoms with Crippen LogP contribution in [0.1, 0.15) is 41.4 Å². The van der Waals surface area contributed by atoms with Crippen LogP contribution in [0.3, 0.4) is 0 Å². The van der Waals surface area contributed by atoms with Crippen LogP contribution in [0.2, 0.25) is 0 Å². The summed E-state index contributed by atoms with van der Waals surface area (Å²) in [4.78, 5) is 5.06. The third-order valence-electron chi connectivity index (χ3n) is 9.89. The first-order valence-electron chi connectivity index (χ1n) is 22.4. The second-order valence-electron chi connectivity index (χ2n) is 13.0. The molecular formula is C48H34N2. The molecule has 0 atom stereocenters. The molecule has 0 saturated heterocycles. The lowest BCUT2D eigenvalue weighted by Crippen LogP contribution is -2.14. The Labute approximate surface area is 308 Å². The molecule has 236 valence electrons. The summed E-state index contributed by atoms with van der Waals surface area (Å²) in [6.45, 7) is 3.61. The maximum Gasteiger partial charge on any atom is 0.146 e. The number of hydrogen-bond acceptors (Lipinski definition) is 1. The summed E-state index contributed by atoms with van der Waals surface area (Å²) in [5, 5.41) is 2.89. The number of para-hydroxylation sites is 3. The van der Waals surface area contributed by atoms with E-state index in [0.717, 1.165) is 21.9 Å². The molecule has 0 unspecified atom stereocenters. The van der Waals surface area contributed by atoms with Gasteiger partial charge in [-0.1, -0.05) is 153 Å². The second kappa shape index (κ2) is 10.9. The van der Waals surface area contributed by atoms with Crippen LogP contribution < -0.4 is 0 Å². The molecule has 9 aromatic rings. The highest BCUT2D eigenvalue weighted by molar-refractivity contribution is 6.22. The third kappa shape index (κ3) is 4.12. The second-order valence-corrected chi connectivity index (χ2v) is 13.0. The lowest BCUT2D eigenvalue weighted by molar-refractivity contribution is 0.660. The molecule has 0 saturated carbocycles. The highest BCUT2D eigenvalue weighted by Crippen LogP contribution is 2.51. The smallest absolute Gasteiger partial charge is 0.146 e. The predicted octanol–water partition coefficient (Wildman–Crippen LogP) is 12.6. The molecule has 0 bridgehead atoms. The van der Waals surface area contributed by atoms with Crippen molar-refractivity contribution in [3.8, 4) is 50.5 Å². The summed E-state index contributed by atoms with van der Waals surface area (Å²) in [6.07, 6.45) is 0. The zero-order chi connectivity index (χ0) is 43.8. The molecule has 0 amide bonds. The van der Waals surface area contributed by atoms with Gasteiger partial charge in [-0.2, -0.15) is 0 Å². The topological polar surface area (TPSA) is 17.8 Å². The Balaban J connectivity index is 1.30. The zero-order valence-corrected chi connectivity index (χ0v) is 27.1. The zero-order valence-electron chi connectivity index (χ0n) is 39.1. The molecule has 1 heterocycles. The Bertz CT molecular complexity index is 3390. The highest BCUT2D eigenvalue weighted by atomic mass is 15.1.